The van der Waals surface area contributed by atoms with Crippen LogP contribution in [-0.4, -0.2) is 29.2 Å². The monoisotopic (exact) mass is 307 g/mol. The smallest absolute Gasteiger partial charge is 0.264 e. The minimum atomic E-state index is -3.95. The van der Waals surface area contributed by atoms with Gasteiger partial charge in [0.25, 0.3) is 10.0 Å². The zero-order valence-corrected chi connectivity index (χ0v) is 12.0. The Morgan fingerprint density at radius 2 is 2.05 bits per heavy atom. The first kappa shape index (κ1) is 14.1. The summed E-state index contributed by atoms with van der Waals surface area (Å²) in [7, 11) is -3.95. The molecule has 5 nitrogen and oxygen atoms in total. The molecular formula is C14H14FN3O2S. The van der Waals surface area contributed by atoms with Crippen LogP contribution in [0.25, 0.3) is 0 Å². The van der Waals surface area contributed by atoms with Gasteiger partial charge in [0, 0.05) is 25.1 Å². The largest absolute Gasteiger partial charge is 0.264 e. The van der Waals surface area contributed by atoms with Gasteiger partial charge in [0.1, 0.15) is 0 Å². The average molecular weight is 307 g/mol. The molecule has 1 aliphatic rings. The van der Waals surface area contributed by atoms with Crippen molar-refractivity contribution in [3.8, 4) is 0 Å². The first-order valence-electron chi connectivity index (χ1n) is 6.63. The maximum Gasteiger partial charge on any atom is 0.264 e. The number of halogens is 1. The van der Waals surface area contributed by atoms with E-state index in [9.17, 15) is 12.8 Å². The number of aromatic nitrogens is 2. The Morgan fingerprint density at radius 1 is 1.24 bits per heavy atom. The molecule has 1 aliphatic heterocycles. The van der Waals surface area contributed by atoms with Crippen LogP contribution in [0, 0.1) is 5.82 Å². The van der Waals surface area contributed by atoms with Gasteiger partial charge in [-0.3, -0.25) is 4.98 Å². The van der Waals surface area contributed by atoms with Gasteiger partial charge in [-0.15, -0.1) is 0 Å². The molecule has 110 valence electrons. The lowest BCUT2D eigenvalue weighted by atomic mass is 10.1. The van der Waals surface area contributed by atoms with E-state index in [-0.39, 0.29) is 6.04 Å². The molecule has 3 heterocycles. The van der Waals surface area contributed by atoms with Crippen LogP contribution in [-0.2, 0) is 10.0 Å². The molecular weight excluding hydrogens is 293 g/mol. The Balaban J connectivity index is 2.01. The summed E-state index contributed by atoms with van der Waals surface area (Å²) >= 11 is 0. The average Bonchev–Trinajstić information content (AvgIpc) is 2.99. The Labute approximate surface area is 122 Å². The quantitative estimate of drug-likeness (QED) is 0.871. The van der Waals surface area contributed by atoms with Gasteiger partial charge in [-0.05, 0) is 36.6 Å². The molecule has 7 heteroatoms. The SMILES string of the molecule is O=S(=O)(c1ncccc1F)N1CCCC1c1cccnc1. The van der Waals surface area contributed by atoms with Gasteiger partial charge in [-0.25, -0.2) is 17.8 Å². The van der Waals surface area contributed by atoms with Crippen LogP contribution in [0.1, 0.15) is 24.4 Å². The standard InChI is InChI=1S/C14H14FN3O2S/c15-12-5-2-8-17-14(12)21(19,20)18-9-3-6-13(18)11-4-1-7-16-10-11/h1-2,4-5,7-8,10,13H,3,6,9H2. The van der Waals surface area contributed by atoms with Gasteiger partial charge >= 0.3 is 0 Å². The summed E-state index contributed by atoms with van der Waals surface area (Å²) in [5.74, 6) is -0.825. The van der Waals surface area contributed by atoms with E-state index in [2.05, 4.69) is 9.97 Å². The van der Waals surface area contributed by atoms with Crippen LogP contribution in [0.3, 0.4) is 0 Å². The first-order valence-corrected chi connectivity index (χ1v) is 8.07. The lowest BCUT2D eigenvalue weighted by Crippen LogP contribution is -2.32. The molecule has 0 saturated carbocycles. The highest BCUT2D eigenvalue weighted by molar-refractivity contribution is 7.89. The fourth-order valence-electron chi connectivity index (χ4n) is 2.61. The maximum absolute atomic E-state index is 13.8. The third-order valence-electron chi connectivity index (χ3n) is 3.55. The summed E-state index contributed by atoms with van der Waals surface area (Å²) < 4.78 is 40.4. The predicted molar refractivity (Wildman–Crippen MR) is 74.3 cm³/mol. The third-order valence-corrected chi connectivity index (χ3v) is 5.39. The molecule has 0 amide bonds. The number of pyridine rings is 2. The zero-order chi connectivity index (χ0) is 14.9. The van der Waals surface area contributed by atoms with E-state index >= 15 is 0 Å². The maximum atomic E-state index is 13.8. The molecule has 1 atom stereocenters. The lowest BCUT2D eigenvalue weighted by Gasteiger charge is -2.23. The van der Waals surface area contributed by atoms with E-state index in [1.54, 1.807) is 18.5 Å². The van der Waals surface area contributed by atoms with Crippen molar-refractivity contribution in [3.63, 3.8) is 0 Å². The highest BCUT2D eigenvalue weighted by atomic mass is 32.2. The highest BCUT2D eigenvalue weighted by Gasteiger charge is 2.38. The van der Waals surface area contributed by atoms with E-state index < -0.39 is 20.9 Å². The van der Waals surface area contributed by atoms with Crippen LogP contribution in [0.5, 0.6) is 0 Å². The Bertz CT molecular complexity index is 737. The van der Waals surface area contributed by atoms with Gasteiger partial charge in [-0.2, -0.15) is 4.31 Å². The molecule has 0 spiro atoms. The van der Waals surface area contributed by atoms with Gasteiger partial charge in [0.15, 0.2) is 5.82 Å². The van der Waals surface area contributed by atoms with Crippen molar-refractivity contribution in [1.29, 1.82) is 0 Å². The summed E-state index contributed by atoms with van der Waals surface area (Å²) in [6, 6.07) is 5.76. The molecule has 0 N–H and O–H groups in total. The number of sulfonamides is 1. The molecule has 1 unspecified atom stereocenters. The van der Waals surface area contributed by atoms with Crippen molar-refractivity contribution in [3.05, 3.63) is 54.2 Å². The van der Waals surface area contributed by atoms with Gasteiger partial charge < -0.3 is 0 Å². The van der Waals surface area contributed by atoms with E-state index in [1.807, 2.05) is 6.07 Å². The second kappa shape index (κ2) is 5.50. The molecule has 1 fully saturated rings. The lowest BCUT2D eigenvalue weighted by molar-refractivity contribution is 0.390. The fraction of sp³-hybridized carbons (Fsp3) is 0.286. The second-order valence-corrected chi connectivity index (χ2v) is 6.66. The van der Waals surface area contributed by atoms with Gasteiger partial charge in [0.2, 0.25) is 5.03 Å². The second-order valence-electron chi connectivity index (χ2n) is 4.85. The molecule has 21 heavy (non-hydrogen) atoms. The van der Waals surface area contributed by atoms with E-state index in [0.29, 0.717) is 13.0 Å². The number of hydrogen-bond donors (Lipinski definition) is 0. The van der Waals surface area contributed by atoms with Crippen molar-refractivity contribution < 1.29 is 12.8 Å². The minimum Gasteiger partial charge on any atom is -0.264 e. The van der Waals surface area contributed by atoms with Crippen LogP contribution in [0.2, 0.25) is 0 Å². The van der Waals surface area contributed by atoms with Crippen LogP contribution in [0.15, 0.2) is 47.9 Å². The van der Waals surface area contributed by atoms with Crippen molar-refractivity contribution >= 4 is 10.0 Å². The van der Waals surface area contributed by atoms with E-state index in [0.717, 1.165) is 18.1 Å². The molecule has 0 aliphatic carbocycles. The van der Waals surface area contributed by atoms with Crippen LogP contribution < -0.4 is 0 Å². The van der Waals surface area contributed by atoms with Gasteiger partial charge in [-0.1, -0.05) is 6.07 Å². The fourth-order valence-corrected chi connectivity index (χ4v) is 4.27. The zero-order valence-electron chi connectivity index (χ0n) is 11.2. The van der Waals surface area contributed by atoms with Crippen molar-refractivity contribution in [2.24, 2.45) is 0 Å². The Morgan fingerprint density at radius 3 is 2.76 bits per heavy atom. The van der Waals surface area contributed by atoms with Gasteiger partial charge in [0.05, 0.1) is 6.04 Å². The molecule has 0 radical (unpaired) electrons. The first-order chi connectivity index (χ1) is 10.1. The molecule has 2 aromatic heterocycles. The summed E-state index contributed by atoms with van der Waals surface area (Å²) in [5, 5.41) is -0.513. The Hall–Kier alpha value is -1.86. The van der Waals surface area contributed by atoms with Crippen LogP contribution >= 0.6 is 0 Å². The number of nitrogens with zero attached hydrogens (tertiary/aromatic N) is 3. The summed E-state index contributed by atoms with van der Waals surface area (Å²) in [4.78, 5) is 7.73. The van der Waals surface area contributed by atoms with Crippen molar-refractivity contribution in [2.75, 3.05) is 6.54 Å². The molecule has 2 aromatic rings. The van der Waals surface area contributed by atoms with E-state index in [1.165, 1.54) is 16.6 Å². The summed E-state index contributed by atoms with van der Waals surface area (Å²) in [6.07, 6.45) is 5.99. The highest BCUT2D eigenvalue weighted by Crippen LogP contribution is 2.36. The number of hydrogen-bond acceptors (Lipinski definition) is 4. The molecule has 0 aromatic carbocycles. The van der Waals surface area contributed by atoms with Crippen molar-refractivity contribution in [2.45, 2.75) is 23.9 Å². The summed E-state index contributed by atoms with van der Waals surface area (Å²) in [6.45, 7) is 0.359. The topological polar surface area (TPSA) is 63.2 Å². The molecule has 1 saturated heterocycles. The number of rotatable bonds is 3. The van der Waals surface area contributed by atoms with Crippen LogP contribution in [0.4, 0.5) is 4.39 Å². The normalized spacial score (nSPS) is 19.8. The van der Waals surface area contributed by atoms with Crippen molar-refractivity contribution in [1.82, 2.24) is 14.3 Å². The minimum absolute atomic E-state index is 0.315. The van der Waals surface area contributed by atoms with E-state index in [4.69, 9.17) is 0 Å². The molecule has 0 bridgehead atoms. The third kappa shape index (κ3) is 2.54. The molecule has 3 rings (SSSR count). The Kier molecular flexibility index (Phi) is 3.69. The summed E-state index contributed by atoms with van der Waals surface area (Å²) in [5.41, 5.74) is 0.815. The predicted octanol–water partition coefficient (Wildman–Crippen LogP) is 2.14.